The molecule has 1 aliphatic carbocycles. The van der Waals surface area contributed by atoms with Gasteiger partial charge in [0.25, 0.3) is 0 Å². The number of hydrogen-bond donors (Lipinski definition) is 0. The zero-order valence-electron chi connectivity index (χ0n) is 26.2. The molecule has 0 radical (unpaired) electrons. The van der Waals surface area contributed by atoms with Crippen LogP contribution in [0.25, 0.3) is 83.0 Å². The Morgan fingerprint density at radius 2 is 1.41 bits per heavy atom. The molecule has 2 atom stereocenters. The van der Waals surface area contributed by atoms with Crippen LogP contribution in [0, 0.1) is 0 Å². The summed E-state index contributed by atoms with van der Waals surface area (Å²) in [5.41, 5.74) is 10.4. The molecular formula is C44H27N3OS. The first-order chi connectivity index (χ1) is 24.3. The van der Waals surface area contributed by atoms with Gasteiger partial charge in [0.1, 0.15) is 11.1 Å². The Morgan fingerprint density at radius 1 is 0.633 bits per heavy atom. The smallest absolute Gasteiger partial charge is 0.235 e. The summed E-state index contributed by atoms with van der Waals surface area (Å²) in [6, 6.07) is 44.9. The number of benzene rings is 6. The lowest BCUT2D eigenvalue weighted by Crippen LogP contribution is -2.06. The van der Waals surface area contributed by atoms with Gasteiger partial charge in [-0.3, -0.25) is 4.57 Å². The number of hydrogen-bond acceptors (Lipinski definition) is 4. The highest BCUT2D eigenvalue weighted by Crippen LogP contribution is 2.54. The molecule has 9 aromatic rings. The number of thioether (sulfide) groups is 1. The number of allylic oxidation sites excluding steroid dienone is 3. The minimum Gasteiger partial charge on any atom is -0.454 e. The molecule has 49 heavy (non-hydrogen) atoms. The van der Waals surface area contributed by atoms with Crippen molar-refractivity contribution in [3.63, 3.8) is 0 Å². The Hall–Kier alpha value is -5.91. The van der Waals surface area contributed by atoms with E-state index >= 15 is 0 Å². The van der Waals surface area contributed by atoms with Gasteiger partial charge in [0, 0.05) is 48.6 Å². The van der Waals surface area contributed by atoms with Gasteiger partial charge >= 0.3 is 0 Å². The van der Waals surface area contributed by atoms with Crippen LogP contribution >= 0.6 is 11.8 Å². The number of nitrogens with zero attached hydrogens (tertiary/aromatic N) is 3. The lowest BCUT2D eigenvalue weighted by Gasteiger charge is -2.14. The van der Waals surface area contributed by atoms with Crippen molar-refractivity contribution in [3.05, 3.63) is 157 Å². The topological polar surface area (TPSA) is 43.9 Å². The summed E-state index contributed by atoms with van der Waals surface area (Å²) in [6.45, 7) is 0. The van der Waals surface area contributed by atoms with Gasteiger partial charge < -0.3 is 4.42 Å². The van der Waals surface area contributed by atoms with Crippen LogP contribution in [0.4, 0.5) is 0 Å². The van der Waals surface area contributed by atoms with Gasteiger partial charge in [0.2, 0.25) is 5.95 Å². The van der Waals surface area contributed by atoms with Crippen molar-refractivity contribution in [1.29, 1.82) is 0 Å². The minimum absolute atomic E-state index is 0.377. The first kappa shape index (κ1) is 27.1. The number of aromatic nitrogens is 3. The van der Waals surface area contributed by atoms with Crippen molar-refractivity contribution < 1.29 is 4.42 Å². The molecule has 230 valence electrons. The minimum atomic E-state index is 0.377. The first-order valence-corrected chi connectivity index (χ1v) is 17.5. The maximum absolute atomic E-state index is 6.82. The maximum atomic E-state index is 6.82. The number of furan rings is 1. The highest BCUT2D eigenvalue weighted by atomic mass is 32.2. The molecule has 0 spiro atoms. The van der Waals surface area contributed by atoms with Gasteiger partial charge in [-0.2, -0.15) is 0 Å². The molecule has 1 aliphatic heterocycles. The molecular weight excluding hydrogens is 619 g/mol. The van der Waals surface area contributed by atoms with Crippen LogP contribution in [-0.4, -0.2) is 19.8 Å². The highest BCUT2D eigenvalue weighted by molar-refractivity contribution is 8.00. The van der Waals surface area contributed by atoms with Crippen molar-refractivity contribution in [2.24, 2.45) is 0 Å². The zero-order chi connectivity index (χ0) is 32.1. The summed E-state index contributed by atoms with van der Waals surface area (Å²) in [4.78, 5) is 12.0. The average Bonchev–Trinajstić information content (AvgIpc) is 3.84. The van der Waals surface area contributed by atoms with E-state index in [9.17, 15) is 0 Å². The summed E-state index contributed by atoms with van der Waals surface area (Å²) >= 11 is 1.98. The van der Waals surface area contributed by atoms with Gasteiger partial charge in [-0.05, 0) is 41.0 Å². The molecule has 4 heterocycles. The van der Waals surface area contributed by atoms with Crippen LogP contribution in [0.3, 0.4) is 0 Å². The van der Waals surface area contributed by atoms with Crippen molar-refractivity contribution in [2.75, 3.05) is 0 Å². The van der Waals surface area contributed by atoms with E-state index in [2.05, 4.69) is 138 Å². The largest absolute Gasteiger partial charge is 0.454 e. The summed E-state index contributed by atoms with van der Waals surface area (Å²) < 4.78 is 9.06. The van der Waals surface area contributed by atoms with Crippen LogP contribution in [0.5, 0.6) is 0 Å². The van der Waals surface area contributed by atoms with Crippen molar-refractivity contribution in [3.8, 4) is 28.3 Å². The van der Waals surface area contributed by atoms with E-state index in [1.54, 1.807) is 0 Å². The van der Waals surface area contributed by atoms with E-state index in [1.807, 2.05) is 30.0 Å². The normalized spacial score (nSPS) is 16.7. The Kier molecular flexibility index (Phi) is 5.69. The fourth-order valence-electron chi connectivity index (χ4n) is 8.01. The number of para-hydroxylation sites is 3. The Bertz CT molecular complexity index is 2880. The third-order valence-corrected chi connectivity index (χ3v) is 11.6. The molecule has 5 heteroatoms. The summed E-state index contributed by atoms with van der Waals surface area (Å²) in [5.74, 6) is 0.999. The number of fused-ring (bicyclic) bond motifs is 11. The van der Waals surface area contributed by atoms with E-state index in [1.165, 1.54) is 21.6 Å². The van der Waals surface area contributed by atoms with Crippen LogP contribution in [0.1, 0.15) is 11.5 Å². The predicted molar refractivity (Wildman–Crippen MR) is 203 cm³/mol. The molecule has 4 nitrogen and oxygen atoms in total. The SMILES string of the molecule is C1=CC2Sc3c(-c4cc5c6ccccc6oc5c5c4c4ccccc4n5-c4nc(-c5ccccc5)c5ccccc5n4)cccc3[C@@H]2C=C1. The molecule has 0 saturated heterocycles. The fourth-order valence-corrected chi connectivity index (χ4v) is 9.48. The monoisotopic (exact) mass is 645 g/mol. The van der Waals surface area contributed by atoms with Crippen molar-refractivity contribution in [2.45, 2.75) is 16.1 Å². The molecule has 0 saturated carbocycles. The van der Waals surface area contributed by atoms with Crippen molar-refractivity contribution in [1.82, 2.24) is 14.5 Å². The molecule has 11 rings (SSSR count). The van der Waals surface area contributed by atoms with Gasteiger partial charge in [-0.1, -0.05) is 127 Å². The maximum Gasteiger partial charge on any atom is 0.235 e. The lowest BCUT2D eigenvalue weighted by atomic mass is 9.89. The molecule has 0 bridgehead atoms. The first-order valence-electron chi connectivity index (χ1n) is 16.7. The molecule has 6 aromatic carbocycles. The second-order valence-corrected chi connectivity index (χ2v) is 14.0. The van der Waals surface area contributed by atoms with E-state index in [0.29, 0.717) is 17.1 Å². The van der Waals surface area contributed by atoms with Gasteiger partial charge in [-0.25, -0.2) is 9.97 Å². The van der Waals surface area contributed by atoms with Crippen LogP contribution in [0.2, 0.25) is 0 Å². The zero-order valence-corrected chi connectivity index (χ0v) is 27.1. The standard InChI is InChI=1S/C44H27N3OS/c1-2-13-26(14-3-1)40-31-17-4-8-21-35(31)45-44(46-40)47-36-22-9-5-18-32(36)39-33(25-34-27-15-6-10-23-37(27)48-42(34)41(39)47)30-20-12-19-29-28-16-7-11-24-38(28)49-43(29)30/h1-25,28,38H/t28-,38?/m0/s1. The van der Waals surface area contributed by atoms with Crippen LogP contribution in [0.15, 0.2) is 161 Å². The molecule has 1 unspecified atom stereocenters. The molecule has 2 aliphatic rings. The fraction of sp³-hybridized carbons (Fsp3) is 0.0455. The van der Waals surface area contributed by atoms with Gasteiger partial charge in [0.15, 0.2) is 5.58 Å². The Balaban J connectivity index is 1.31. The predicted octanol–water partition coefficient (Wildman–Crippen LogP) is 11.6. The van der Waals surface area contributed by atoms with E-state index in [4.69, 9.17) is 14.4 Å². The summed E-state index contributed by atoms with van der Waals surface area (Å²) in [5, 5.41) is 5.90. The van der Waals surface area contributed by atoms with E-state index in [-0.39, 0.29) is 0 Å². The van der Waals surface area contributed by atoms with E-state index in [0.717, 1.165) is 65.9 Å². The lowest BCUT2D eigenvalue weighted by molar-refractivity contribution is 0.671. The summed E-state index contributed by atoms with van der Waals surface area (Å²) in [6.07, 6.45) is 9.06. The average molecular weight is 646 g/mol. The molecule has 0 amide bonds. The molecule has 0 fully saturated rings. The second kappa shape index (κ2) is 10.3. The van der Waals surface area contributed by atoms with Gasteiger partial charge in [0.05, 0.1) is 16.7 Å². The Labute approximate surface area is 286 Å². The third-order valence-electron chi connectivity index (χ3n) is 10.2. The summed E-state index contributed by atoms with van der Waals surface area (Å²) in [7, 11) is 0. The molecule has 3 aromatic heterocycles. The number of rotatable bonds is 3. The van der Waals surface area contributed by atoms with Crippen molar-refractivity contribution >= 4 is 66.4 Å². The third kappa shape index (κ3) is 3.88. The van der Waals surface area contributed by atoms with Crippen LogP contribution < -0.4 is 0 Å². The molecule has 0 N–H and O–H groups in total. The quantitative estimate of drug-likeness (QED) is 0.192. The second-order valence-electron chi connectivity index (χ2n) is 12.8. The highest BCUT2D eigenvalue weighted by Gasteiger charge is 2.34. The van der Waals surface area contributed by atoms with Gasteiger partial charge in [-0.15, -0.1) is 11.8 Å². The van der Waals surface area contributed by atoms with Crippen LogP contribution in [-0.2, 0) is 0 Å². The van der Waals surface area contributed by atoms with E-state index < -0.39 is 0 Å². The Morgan fingerprint density at radius 3 is 2.33 bits per heavy atom.